The summed E-state index contributed by atoms with van der Waals surface area (Å²) in [6, 6.07) is 21.9. The molecular weight excluding hydrogens is 511 g/mol. The highest BCUT2D eigenvalue weighted by atomic mass is 19.1. The number of ketones is 1. The van der Waals surface area contributed by atoms with Crippen LogP contribution in [-0.4, -0.2) is 43.1 Å². The van der Waals surface area contributed by atoms with Crippen LogP contribution < -0.4 is 20.2 Å². The number of aromatic nitrogens is 1. The van der Waals surface area contributed by atoms with Crippen molar-refractivity contribution in [3.63, 3.8) is 0 Å². The Labute approximate surface area is 228 Å². The molecule has 0 saturated carbocycles. The molecule has 1 aliphatic carbocycles. The molecule has 0 radical (unpaired) electrons. The molecule has 0 unspecified atom stereocenters. The second-order valence-electron chi connectivity index (χ2n) is 9.87. The maximum atomic E-state index is 13.8. The van der Waals surface area contributed by atoms with Crippen LogP contribution in [0.2, 0.25) is 0 Å². The van der Waals surface area contributed by atoms with Crippen LogP contribution in [0.4, 0.5) is 27.1 Å². The van der Waals surface area contributed by atoms with E-state index in [4.69, 9.17) is 4.52 Å². The standard InChI is InChI=1S/C31H23FN4O4/c32-19-8-10-21(11-9-19)35-12-14-36(15-13-35)25-17-24(33-20-5-3-4-18(16-20)31(38)39)26-27-28(25)34-40-30(27)23-7-2-1-6-22(23)29(26)37/h1-11,16-17,33H,12-15H2,(H,38,39)/p-1. The highest BCUT2D eigenvalue weighted by Crippen LogP contribution is 2.46. The Morgan fingerprint density at radius 3 is 2.38 bits per heavy atom. The molecular formula is C31H22FN4O4-. The molecule has 9 heteroatoms. The van der Waals surface area contributed by atoms with Crippen LogP contribution in [-0.2, 0) is 0 Å². The van der Waals surface area contributed by atoms with Crippen molar-refractivity contribution in [1.29, 1.82) is 0 Å². The van der Waals surface area contributed by atoms with E-state index in [2.05, 4.69) is 20.3 Å². The normalized spacial score (nSPS) is 14.4. The minimum absolute atomic E-state index is 0.0270. The van der Waals surface area contributed by atoms with Crippen molar-refractivity contribution < 1.29 is 23.6 Å². The van der Waals surface area contributed by atoms with Gasteiger partial charge in [-0.25, -0.2) is 4.39 Å². The smallest absolute Gasteiger partial charge is 0.196 e. The maximum Gasteiger partial charge on any atom is 0.196 e. The fourth-order valence-electron chi connectivity index (χ4n) is 5.62. The first-order valence-electron chi connectivity index (χ1n) is 12.9. The number of benzene rings is 4. The number of piperazine rings is 1. The van der Waals surface area contributed by atoms with Crippen molar-refractivity contribution in [2.75, 3.05) is 41.3 Å². The third kappa shape index (κ3) is 3.86. The molecule has 40 heavy (non-hydrogen) atoms. The van der Waals surface area contributed by atoms with E-state index in [1.165, 1.54) is 24.3 Å². The number of aromatic carboxylic acids is 1. The van der Waals surface area contributed by atoms with Gasteiger partial charge in [0.05, 0.1) is 28.3 Å². The van der Waals surface area contributed by atoms with Gasteiger partial charge in [0, 0.05) is 48.7 Å². The zero-order chi connectivity index (χ0) is 27.4. The van der Waals surface area contributed by atoms with Gasteiger partial charge in [0.2, 0.25) is 0 Å². The van der Waals surface area contributed by atoms with Gasteiger partial charge >= 0.3 is 0 Å². The van der Waals surface area contributed by atoms with E-state index in [9.17, 15) is 19.1 Å². The van der Waals surface area contributed by atoms with Crippen molar-refractivity contribution >= 4 is 45.4 Å². The van der Waals surface area contributed by atoms with Crippen LogP contribution in [0.15, 0.2) is 83.4 Å². The molecule has 5 aromatic rings. The first kappa shape index (κ1) is 23.9. The largest absolute Gasteiger partial charge is 0.545 e. The predicted molar refractivity (Wildman–Crippen MR) is 148 cm³/mol. The van der Waals surface area contributed by atoms with Crippen LogP contribution in [0, 0.1) is 5.82 Å². The van der Waals surface area contributed by atoms with Gasteiger partial charge in [0.25, 0.3) is 0 Å². The van der Waals surface area contributed by atoms with Gasteiger partial charge in [-0.2, -0.15) is 0 Å². The summed E-state index contributed by atoms with van der Waals surface area (Å²) >= 11 is 0. The maximum absolute atomic E-state index is 13.8. The van der Waals surface area contributed by atoms with Gasteiger partial charge in [0.15, 0.2) is 11.5 Å². The average Bonchev–Trinajstić information content (AvgIpc) is 3.42. The summed E-state index contributed by atoms with van der Waals surface area (Å²) in [5, 5.41) is 19.8. The van der Waals surface area contributed by atoms with Gasteiger partial charge in [-0.1, -0.05) is 41.6 Å². The van der Waals surface area contributed by atoms with Crippen molar-refractivity contribution in [1.82, 2.24) is 5.16 Å². The highest BCUT2D eigenvalue weighted by molar-refractivity contribution is 6.28. The summed E-state index contributed by atoms with van der Waals surface area (Å²) < 4.78 is 19.3. The molecule has 1 fully saturated rings. The Balaban J connectivity index is 1.33. The second-order valence-corrected chi connectivity index (χ2v) is 9.87. The van der Waals surface area contributed by atoms with E-state index < -0.39 is 5.97 Å². The fraction of sp³-hybridized carbons (Fsp3) is 0.129. The number of hydrogen-bond donors (Lipinski definition) is 1. The van der Waals surface area contributed by atoms with E-state index in [1.54, 1.807) is 36.4 Å². The number of carboxylic acids is 1. The lowest BCUT2D eigenvalue weighted by atomic mass is 9.86. The van der Waals surface area contributed by atoms with Crippen molar-refractivity contribution in [3.05, 3.63) is 101 Å². The SMILES string of the molecule is O=C([O-])c1cccc(Nc2cc(N3CCN(c4ccc(F)cc4)CC3)c3noc4c3c2C(=O)c2ccccc2-4)c1. The molecule has 198 valence electrons. The number of hydrogen-bond acceptors (Lipinski definition) is 8. The van der Waals surface area contributed by atoms with Crippen molar-refractivity contribution in [2.24, 2.45) is 0 Å². The summed E-state index contributed by atoms with van der Waals surface area (Å²) in [5.41, 5.74) is 5.05. The minimum Gasteiger partial charge on any atom is -0.545 e. The zero-order valence-corrected chi connectivity index (χ0v) is 21.2. The molecule has 0 spiro atoms. The Morgan fingerprint density at radius 1 is 0.900 bits per heavy atom. The Bertz CT molecular complexity index is 1810. The number of carbonyl (C=O) groups is 2. The van der Waals surface area contributed by atoms with Gasteiger partial charge in [-0.15, -0.1) is 0 Å². The van der Waals surface area contributed by atoms with Gasteiger partial charge in [-0.3, -0.25) is 4.79 Å². The number of carbonyl (C=O) groups excluding carboxylic acids is 2. The molecule has 1 aliphatic heterocycles. The van der Waals surface area contributed by atoms with E-state index in [0.29, 0.717) is 70.9 Å². The summed E-state index contributed by atoms with van der Waals surface area (Å²) in [6.07, 6.45) is 0. The molecule has 4 aromatic carbocycles. The third-order valence-corrected chi connectivity index (χ3v) is 7.57. The summed E-state index contributed by atoms with van der Waals surface area (Å²) in [6.45, 7) is 2.74. The lowest BCUT2D eigenvalue weighted by Gasteiger charge is -2.37. The summed E-state index contributed by atoms with van der Waals surface area (Å²) in [7, 11) is 0. The van der Waals surface area contributed by atoms with Crippen LogP contribution in [0.3, 0.4) is 0 Å². The molecule has 7 rings (SSSR count). The molecule has 1 saturated heterocycles. The molecule has 8 nitrogen and oxygen atoms in total. The molecule has 2 aliphatic rings. The zero-order valence-electron chi connectivity index (χ0n) is 21.2. The summed E-state index contributed by atoms with van der Waals surface area (Å²) in [4.78, 5) is 29.7. The topological polar surface area (TPSA) is 102 Å². The fourth-order valence-corrected chi connectivity index (χ4v) is 5.62. The van der Waals surface area contributed by atoms with E-state index in [1.807, 2.05) is 18.2 Å². The Morgan fingerprint density at radius 2 is 1.62 bits per heavy atom. The van der Waals surface area contributed by atoms with E-state index in [-0.39, 0.29) is 17.2 Å². The first-order chi connectivity index (χ1) is 19.5. The van der Waals surface area contributed by atoms with Crippen LogP contribution >= 0.6 is 0 Å². The molecule has 2 heterocycles. The van der Waals surface area contributed by atoms with Gasteiger partial charge < -0.3 is 29.5 Å². The monoisotopic (exact) mass is 533 g/mol. The van der Waals surface area contributed by atoms with Crippen LogP contribution in [0.1, 0.15) is 26.3 Å². The second kappa shape index (κ2) is 9.23. The van der Waals surface area contributed by atoms with Crippen LogP contribution in [0.5, 0.6) is 0 Å². The highest BCUT2D eigenvalue weighted by Gasteiger charge is 2.34. The Hall–Kier alpha value is -5.18. The number of nitrogens with one attached hydrogen (secondary N) is 1. The number of fused-ring (bicyclic) bond motifs is 2. The lowest BCUT2D eigenvalue weighted by Crippen LogP contribution is -2.46. The number of halogens is 1. The third-order valence-electron chi connectivity index (χ3n) is 7.57. The van der Waals surface area contributed by atoms with Gasteiger partial charge in [-0.05, 0) is 48.0 Å². The average molecular weight is 534 g/mol. The summed E-state index contributed by atoms with van der Waals surface area (Å²) in [5.74, 6) is -1.19. The molecule has 0 bridgehead atoms. The first-order valence-corrected chi connectivity index (χ1v) is 12.9. The molecule has 1 N–H and O–H groups in total. The lowest BCUT2D eigenvalue weighted by molar-refractivity contribution is -0.255. The van der Waals surface area contributed by atoms with Crippen molar-refractivity contribution in [3.8, 4) is 11.3 Å². The molecule has 1 aromatic heterocycles. The van der Waals surface area contributed by atoms with Crippen molar-refractivity contribution in [2.45, 2.75) is 0 Å². The number of carboxylic acid groups (broad SMARTS) is 1. The van der Waals surface area contributed by atoms with Gasteiger partial charge in [0.1, 0.15) is 11.3 Å². The van der Waals surface area contributed by atoms with E-state index in [0.717, 1.165) is 11.4 Å². The minimum atomic E-state index is -1.29. The van der Waals surface area contributed by atoms with E-state index >= 15 is 0 Å². The predicted octanol–water partition coefficient (Wildman–Crippen LogP) is 4.61. The number of anilines is 4. The number of nitrogens with zero attached hydrogens (tertiary/aromatic N) is 3. The quantitative estimate of drug-likeness (QED) is 0.343. The van der Waals surface area contributed by atoms with Crippen LogP contribution in [0.25, 0.3) is 22.2 Å². The molecule has 0 amide bonds. The Kier molecular flexibility index (Phi) is 5.52. The number of rotatable bonds is 5. The molecule has 0 atom stereocenters.